The SMILES string of the molecule is Cc1ccc(C)c(CC(=O)N(CCc2ccccc2)[C@@H](C)C(=O)NC2CCCC2)c1. The van der Waals surface area contributed by atoms with Gasteiger partial charge >= 0.3 is 0 Å². The number of nitrogens with zero attached hydrogens (tertiary/aromatic N) is 1. The van der Waals surface area contributed by atoms with Gasteiger partial charge in [0, 0.05) is 12.6 Å². The molecule has 0 heterocycles. The van der Waals surface area contributed by atoms with Crippen LogP contribution in [0.15, 0.2) is 48.5 Å². The molecule has 0 aromatic heterocycles. The third kappa shape index (κ3) is 5.94. The van der Waals surface area contributed by atoms with Crippen molar-refractivity contribution in [3.63, 3.8) is 0 Å². The average Bonchev–Trinajstić information content (AvgIpc) is 3.24. The summed E-state index contributed by atoms with van der Waals surface area (Å²) in [5, 5.41) is 3.16. The lowest BCUT2D eigenvalue weighted by Crippen LogP contribution is -2.51. The summed E-state index contributed by atoms with van der Waals surface area (Å²) < 4.78 is 0. The minimum atomic E-state index is -0.480. The van der Waals surface area contributed by atoms with E-state index in [-0.39, 0.29) is 17.9 Å². The average molecular weight is 407 g/mol. The molecule has 0 bridgehead atoms. The standard InChI is InChI=1S/C26H34N2O2/c1-19-13-14-20(2)23(17-19)18-25(29)28(16-15-22-9-5-4-6-10-22)21(3)26(30)27-24-11-7-8-12-24/h4-6,9-10,13-14,17,21,24H,7-8,11-12,15-16,18H2,1-3H3,(H,27,30)/t21-/m0/s1. The van der Waals surface area contributed by atoms with Gasteiger partial charge in [-0.3, -0.25) is 9.59 Å². The van der Waals surface area contributed by atoms with Gasteiger partial charge in [0.2, 0.25) is 11.8 Å². The predicted molar refractivity (Wildman–Crippen MR) is 121 cm³/mol. The summed E-state index contributed by atoms with van der Waals surface area (Å²) in [5.74, 6) is -0.0296. The molecule has 0 radical (unpaired) electrons. The molecular weight excluding hydrogens is 372 g/mol. The Labute approximate surface area is 180 Å². The van der Waals surface area contributed by atoms with Gasteiger partial charge in [0.1, 0.15) is 6.04 Å². The van der Waals surface area contributed by atoms with Crippen molar-refractivity contribution in [3.8, 4) is 0 Å². The summed E-state index contributed by atoms with van der Waals surface area (Å²) in [4.78, 5) is 28.0. The number of aryl methyl sites for hydroxylation is 2. The van der Waals surface area contributed by atoms with Crippen molar-refractivity contribution in [2.45, 2.75) is 71.4 Å². The number of hydrogen-bond donors (Lipinski definition) is 1. The van der Waals surface area contributed by atoms with Crippen molar-refractivity contribution >= 4 is 11.8 Å². The molecular formula is C26H34N2O2. The molecule has 1 aliphatic carbocycles. The second-order valence-corrected chi connectivity index (χ2v) is 8.60. The number of rotatable bonds is 8. The van der Waals surface area contributed by atoms with Gasteiger partial charge in [-0.1, -0.05) is 66.9 Å². The molecule has 30 heavy (non-hydrogen) atoms. The molecule has 3 rings (SSSR count). The Balaban J connectivity index is 1.73. The normalized spacial score (nSPS) is 15.0. The Bertz CT molecular complexity index is 857. The molecule has 2 aromatic rings. The quantitative estimate of drug-likeness (QED) is 0.708. The number of carbonyl (C=O) groups is 2. The molecule has 0 spiro atoms. The Morgan fingerprint density at radius 1 is 1.07 bits per heavy atom. The molecule has 2 aromatic carbocycles. The lowest BCUT2D eigenvalue weighted by atomic mass is 10.0. The predicted octanol–water partition coefficient (Wildman–Crippen LogP) is 4.36. The van der Waals surface area contributed by atoms with Crippen molar-refractivity contribution in [3.05, 3.63) is 70.8 Å². The van der Waals surface area contributed by atoms with E-state index in [1.807, 2.05) is 39.0 Å². The van der Waals surface area contributed by atoms with Gasteiger partial charge in [-0.25, -0.2) is 0 Å². The summed E-state index contributed by atoms with van der Waals surface area (Å²) in [5.41, 5.74) is 4.46. The van der Waals surface area contributed by atoms with Crippen molar-refractivity contribution in [1.29, 1.82) is 0 Å². The molecule has 0 saturated heterocycles. The van der Waals surface area contributed by atoms with Gasteiger partial charge in [0.25, 0.3) is 0 Å². The first-order valence-electron chi connectivity index (χ1n) is 11.1. The van der Waals surface area contributed by atoms with Crippen LogP contribution in [-0.4, -0.2) is 35.3 Å². The fourth-order valence-corrected chi connectivity index (χ4v) is 4.22. The van der Waals surface area contributed by atoms with Gasteiger partial charge in [0.15, 0.2) is 0 Å². The Morgan fingerprint density at radius 3 is 2.47 bits per heavy atom. The second kappa shape index (κ2) is 10.4. The highest BCUT2D eigenvalue weighted by Crippen LogP contribution is 2.19. The summed E-state index contributed by atoms with van der Waals surface area (Å²) >= 11 is 0. The number of nitrogens with one attached hydrogen (secondary N) is 1. The van der Waals surface area contributed by atoms with E-state index in [0.29, 0.717) is 13.0 Å². The van der Waals surface area contributed by atoms with Gasteiger partial charge in [-0.15, -0.1) is 0 Å². The number of carbonyl (C=O) groups excluding carboxylic acids is 2. The van der Waals surface area contributed by atoms with Crippen LogP contribution in [0.25, 0.3) is 0 Å². The van der Waals surface area contributed by atoms with Crippen molar-refractivity contribution in [2.75, 3.05) is 6.54 Å². The highest BCUT2D eigenvalue weighted by Gasteiger charge is 2.28. The van der Waals surface area contributed by atoms with E-state index in [4.69, 9.17) is 0 Å². The summed E-state index contributed by atoms with van der Waals surface area (Å²) in [7, 11) is 0. The Kier molecular flexibility index (Phi) is 7.67. The largest absolute Gasteiger partial charge is 0.352 e. The number of hydrogen-bond acceptors (Lipinski definition) is 2. The first-order valence-corrected chi connectivity index (χ1v) is 11.1. The molecule has 1 aliphatic rings. The van der Waals surface area contributed by atoms with Crippen molar-refractivity contribution < 1.29 is 9.59 Å². The smallest absolute Gasteiger partial charge is 0.242 e. The minimum absolute atomic E-state index is 0.00806. The maximum atomic E-state index is 13.3. The van der Waals surface area contributed by atoms with Crippen LogP contribution in [0, 0.1) is 13.8 Å². The minimum Gasteiger partial charge on any atom is -0.352 e. The number of benzene rings is 2. The van der Waals surface area contributed by atoms with E-state index in [0.717, 1.165) is 36.0 Å². The van der Waals surface area contributed by atoms with E-state index >= 15 is 0 Å². The van der Waals surface area contributed by atoms with E-state index in [9.17, 15) is 9.59 Å². The van der Waals surface area contributed by atoms with Crippen LogP contribution in [0.3, 0.4) is 0 Å². The molecule has 1 N–H and O–H groups in total. The van der Waals surface area contributed by atoms with Gasteiger partial charge < -0.3 is 10.2 Å². The zero-order valence-electron chi connectivity index (χ0n) is 18.5. The van der Waals surface area contributed by atoms with Crippen LogP contribution in [0.1, 0.15) is 54.9 Å². The third-order valence-electron chi connectivity index (χ3n) is 6.20. The van der Waals surface area contributed by atoms with Gasteiger partial charge in [-0.05, 0) is 56.7 Å². The molecule has 1 saturated carbocycles. The highest BCUT2D eigenvalue weighted by molar-refractivity contribution is 5.88. The van der Waals surface area contributed by atoms with Crippen LogP contribution in [-0.2, 0) is 22.4 Å². The van der Waals surface area contributed by atoms with Gasteiger partial charge in [-0.2, -0.15) is 0 Å². The molecule has 4 nitrogen and oxygen atoms in total. The fraction of sp³-hybridized carbons (Fsp3) is 0.462. The molecule has 1 atom stereocenters. The first kappa shape index (κ1) is 22.1. The third-order valence-corrected chi connectivity index (χ3v) is 6.20. The second-order valence-electron chi connectivity index (χ2n) is 8.60. The lowest BCUT2D eigenvalue weighted by Gasteiger charge is -2.30. The topological polar surface area (TPSA) is 49.4 Å². The summed E-state index contributed by atoms with van der Waals surface area (Å²) in [6.07, 6.45) is 5.48. The van der Waals surface area contributed by atoms with Gasteiger partial charge in [0.05, 0.1) is 6.42 Å². The molecule has 0 aliphatic heterocycles. The van der Waals surface area contributed by atoms with Crippen LogP contribution >= 0.6 is 0 Å². The molecule has 1 fully saturated rings. The monoisotopic (exact) mass is 406 g/mol. The maximum Gasteiger partial charge on any atom is 0.242 e. The fourth-order valence-electron chi connectivity index (χ4n) is 4.22. The van der Waals surface area contributed by atoms with E-state index in [2.05, 4.69) is 35.6 Å². The number of amides is 2. The Morgan fingerprint density at radius 2 is 1.77 bits per heavy atom. The maximum absolute atomic E-state index is 13.3. The van der Waals surface area contributed by atoms with Crippen LogP contribution in [0.4, 0.5) is 0 Å². The van der Waals surface area contributed by atoms with Crippen LogP contribution in [0.5, 0.6) is 0 Å². The van der Waals surface area contributed by atoms with Crippen LogP contribution in [0.2, 0.25) is 0 Å². The summed E-state index contributed by atoms with van der Waals surface area (Å²) in [6, 6.07) is 16.1. The van der Waals surface area contributed by atoms with Crippen LogP contribution < -0.4 is 5.32 Å². The zero-order valence-corrected chi connectivity index (χ0v) is 18.5. The van der Waals surface area contributed by atoms with Crippen molar-refractivity contribution in [1.82, 2.24) is 10.2 Å². The molecule has 0 unspecified atom stereocenters. The lowest BCUT2D eigenvalue weighted by molar-refractivity contribution is -0.139. The first-order chi connectivity index (χ1) is 14.4. The molecule has 160 valence electrons. The van der Waals surface area contributed by atoms with E-state index < -0.39 is 6.04 Å². The zero-order chi connectivity index (χ0) is 21.5. The summed E-state index contributed by atoms with van der Waals surface area (Å²) in [6.45, 7) is 6.47. The molecule has 4 heteroatoms. The van der Waals surface area contributed by atoms with E-state index in [1.54, 1.807) is 4.90 Å². The van der Waals surface area contributed by atoms with E-state index in [1.165, 1.54) is 18.4 Å². The molecule has 2 amide bonds. The van der Waals surface area contributed by atoms with Crippen molar-refractivity contribution in [2.24, 2.45) is 0 Å². The Hall–Kier alpha value is -2.62. The highest BCUT2D eigenvalue weighted by atomic mass is 16.2.